The molecule has 0 aromatic carbocycles. The van der Waals surface area contributed by atoms with E-state index >= 15 is 0 Å². The van der Waals surface area contributed by atoms with E-state index < -0.39 is 0 Å². The molecule has 9 nitrogen and oxygen atoms in total. The minimum absolute atomic E-state index is 0.0188. The van der Waals surface area contributed by atoms with Crippen LogP contribution in [0.1, 0.15) is 25.0 Å². The summed E-state index contributed by atoms with van der Waals surface area (Å²) < 4.78 is 48.9. The minimum atomic E-state index is -0.345. The van der Waals surface area contributed by atoms with Gasteiger partial charge in [0.1, 0.15) is 0 Å². The second-order valence-electron chi connectivity index (χ2n) is 3.62. The van der Waals surface area contributed by atoms with Crippen molar-refractivity contribution in [2.45, 2.75) is 25.3 Å². The van der Waals surface area contributed by atoms with Crippen LogP contribution in [0.25, 0.3) is 0 Å². The maximum absolute atomic E-state index is 11.7. The van der Waals surface area contributed by atoms with Crippen LogP contribution in [0.3, 0.4) is 0 Å². The Hall–Kier alpha value is -2.19. The number of nitrogens with one attached hydrogen (secondary N) is 1. The number of furan rings is 1. The molecule has 1 saturated heterocycles. The van der Waals surface area contributed by atoms with Gasteiger partial charge in [0.15, 0.2) is 0 Å². The van der Waals surface area contributed by atoms with Gasteiger partial charge in [-0.05, 0) is 0 Å². The van der Waals surface area contributed by atoms with E-state index in [1.807, 2.05) is 12.1 Å². The number of carbonyl (C=O) groups is 1. The van der Waals surface area contributed by atoms with Crippen LogP contribution in [0, 0.1) is 33.3 Å². The molecule has 1 aromatic heterocycles. The van der Waals surface area contributed by atoms with Crippen molar-refractivity contribution < 1.29 is 53.1 Å². The van der Waals surface area contributed by atoms with Crippen LogP contribution in [0.15, 0.2) is 22.8 Å². The molecule has 0 amide bonds. The second-order valence-corrected chi connectivity index (χ2v) is 4.39. The number of hydrogen-bond donors (Lipinski definition) is 1. The molecule has 1 aromatic rings. The number of ether oxygens (including phenoxy) is 1. The van der Waals surface area contributed by atoms with Gasteiger partial charge in [0.25, 0.3) is 0 Å². The Bertz CT molecular complexity index is 551. The number of rotatable bonds is 3. The first-order valence-electron chi connectivity index (χ1n) is 6.24. The summed E-state index contributed by atoms with van der Waals surface area (Å²) in [5, 5.41) is 3.10. The average molecular weight is 399 g/mol. The molecule has 0 aliphatic carbocycles. The van der Waals surface area contributed by atoms with Crippen molar-refractivity contribution in [2.24, 2.45) is 0 Å². The van der Waals surface area contributed by atoms with Crippen molar-refractivity contribution in [2.75, 3.05) is 6.61 Å². The fourth-order valence-corrected chi connectivity index (χ4v) is 2.35. The monoisotopic (exact) mass is 399 g/mol. The predicted molar refractivity (Wildman–Crippen MR) is 74.3 cm³/mol. The molecular formula is C16H13CrNO8. The van der Waals surface area contributed by atoms with Crippen LogP contribution in [0.4, 0.5) is 0 Å². The van der Waals surface area contributed by atoms with Crippen molar-refractivity contribution in [1.29, 1.82) is 0 Å². The quantitative estimate of drug-likeness (QED) is 0.454. The van der Waals surface area contributed by atoms with E-state index in [0.717, 1.165) is 16.7 Å². The van der Waals surface area contributed by atoms with Crippen LogP contribution in [0.5, 0.6) is 0 Å². The Kier molecular flexibility index (Phi) is 30.4. The normalized spacial score (nSPS) is 15.6. The van der Waals surface area contributed by atoms with Gasteiger partial charge in [-0.1, -0.05) is 0 Å². The molecule has 0 radical (unpaired) electrons. The summed E-state index contributed by atoms with van der Waals surface area (Å²) in [6.07, 6.45) is 2.38. The first-order valence-corrected chi connectivity index (χ1v) is 6.87. The summed E-state index contributed by atoms with van der Waals surface area (Å²) in [6, 6.07) is 3.37. The van der Waals surface area contributed by atoms with Gasteiger partial charge in [-0.15, -0.1) is 0 Å². The Morgan fingerprint density at radius 2 is 1.69 bits per heavy atom. The molecule has 10 heteroatoms. The first kappa shape index (κ1) is 31.6. The van der Waals surface area contributed by atoms with Crippen molar-refractivity contribution in [3.05, 3.63) is 57.4 Å². The van der Waals surface area contributed by atoms with Crippen molar-refractivity contribution in [3.8, 4) is 0 Å². The third-order valence-corrected chi connectivity index (χ3v) is 3.02. The van der Waals surface area contributed by atoms with E-state index in [-0.39, 0.29) is 17.9 Å². The molecule has 1 aliphatic rings. The first-order chi connectivity index (χ1) is 12.7. The van der Waals surface area contributed by atoms with Gasteiger partial charge in [-0.25, -0.2) is 0 Å². The molecule has 2 atom stereocenters. The summed E-state index contributed by atoms with van der Waals surface area (Å²) >= 11 is 2.91. The van der Waals surface area contributed by atoms with Gasteiger partial charge in [0.2, 0.25) is 0 Å². The predicted octanol–water partition coefficient (Wildman–Crippen LogP) is 0.777. The number of carbonyl (C=O) groups excluding carboxylic acids is 1. The molecule has 2 rings (SSSR count). The molecule has 0 bridgehead atoms. The summed E-state index contributed by atoms with van der Waals surface area (Å²) in [5.41, 5.74) is 0. The standard InChI is InChI=1S/C11H13NO3.5CO.Cr/c1-2-14-11(13)10-8(5-6-12-10)9-4-3-7-15-9;5*1-2;/h3-4,7-8,10,12H,2,5H2,1H3;;;;;;/t8-,10+;;;;;;/m0....../s1. The van der Waals surface area contributed by atoms with Crippen LogP contribution < -0.4 is 5.32 Å². The van der Waals surface area contributed by atoms with E-state index in [1.54, 1.807) is 13.2 Å². The summed E-state index contributed by atoms with van der Waals surface area (Å²) in [6.45, 7) is 24.7. The number of hydrogen-bond acceptors (Lipinski definition) is 4. The zero-order valence-corrected chi connectivity index (χ0v) is 14.8. The summed E-state index contributed by atoms with van der Waals surface area (Å²) in [5.74, 6) is 0.607. The summed E-state index contributed by atoms with van der Waals surface area (Å²) in [7, 11) is 0. The molecule has 26 heavy (non-hydrogen) atoms. The zero-order chi connectivity index (χ0) is 21.5. The molecule has 136 valence electrons. The van der Waals surface area contributed by atoms with Gasteiger partial charge in [-0.3, -0.25) is 0 Å². The zero-order valence-electron chi connectivity index (χ0n) is 13.5. The average Bonchev–Trinajstić information content (AvgIpc) is 3.39. The molecule has 0 spiro atoms. The maximum atomic E-state index is 11.7. The van der Waals surface area contributed by atoms with E-state index in [1.165, 1.54) is 0 Å². The van der Waals surface area contributed by atoms with E-state index in [0.29, 0.717) is 6.61 Å². The Morgan fingerprint density at radius 3 is 2.08 bits per heavy atom. The molecule has 1 fully saturated rings. The molecule has 1 N–H and O–H groups in total. The third kappa shape index (κ3) is 12.2. The third-order valence-electron chi connectivity index (χ3n) is 2.57. The fraction of sp³-hybridized carbons (Fsp3) is 0.312. The Labute approximate surface area is 158 Å². The Balaban J connectivity index is -0.000000210. The van der Waals surface area contributed by atoms with Crippen LogP contribution in [-0.4, -0.2) is 23.1 Å². The van der Waals surface area contributed by atoms with Crippen molar-refractivity contribution >= 4 is 10.5 Å². The van der Waals surface area contributed by atoms with Gasteiger partial charge in [-0.2, -0.15) is 0 Å². The topological polar surface area (TPSA) is 151 Å². The van der Waals surface area contributed by atoms with E-state index in [2.05, 4.69) is 54.4 Å². The molecular weight excluding hydrogens is 386 g/mol. The molecule has 1 aliphatic heterocycles. The van der Waals surface area contributed by atoms with Crippen LogP contribution >= 0.6 is 0 Å². The molecule has 0 unspecified atom stereocenters. The van der Waals surface area contributed by atoms with Crippen molar-refractivity contribution in [3.63, 3.8) is 0 Å². The summed E-state index contributed by atoms with van der Waals surface area (Å²) in [4.78, 5) is 11.7. The van der Waals surface area contributed by atoms with Gasteiger partial charge >= 0.3 is 158 Å². The molecule has 2 heterocycles. The second kappa shape index (κ2) is 25.1. The Morgan fingerprint density at radius 1 is 1.19 bits per heavy atom. The van der Waals surface area contributed by atoms with E-state index in [9.17, 15) is 4.79 Å². The van der Waals surface area contributed by atoms with Crippen LogP contribution in [-0.2, 0) is 48.6 Å². The van der Waals surface area contributed by atoms with Gasteiger partial charge in [0.05, 0.1) is 0 Å². The van der Waals surface area contributed by atoms with Crippen molar-refractivity contribution in [1.82, 2.24) is 5.32 Å². The SMILES string of the molecule is CCOC(=O)[C@@H]1N[C](=[Cr])C[C@H]1c1ccco1.[C-]#[O+].[C-]#[O+].[C-]#[O+].[C-]#[O+].[C-]#[O+]. The number of esters is 1. The molecule has 0 saturated carbocycles. The van der Waals surface area contributed by atoms with E-state index in [4.69, 9.17) is 32.4 Å². The van der Waals surface area contributed by atoms with Crippen LogP contribution in [0.2, 0.25) is 0 Å². The fourth-order valence-electron chi connectivity index (χ4n) is 1.87. The van der Waals surface area contributed by atoms with Gasteiger partial charge < -0.3 is 0 Å². The van der Waals surface area contributed by atoms with Gasteiger partial charge in [0, 0.05) is 0 Å².